The first-order valence-corrected chi connectivity index (χ1v) is 5.45. The normalized spacial score (nSPS) is 10.2. The van der Waals surface area contributed by atoms with Crippen LogP contribution in [0.1, 0.15) is 5.56 Å². The lowest BCUT2D eigenvalue weighted by Crippen LogP contribution is -1.97. The van der Waals surface area contributed by atoms with Gasteiger partial charge < -0.3 is 10.5 Å². The van der Waals surface area contributed by atoms with Crippen LogP contribution in [-0.4, -0.2) is 0 Å². The van der Waals surface area contributed by atoms with Crippen molar-refractivity contribution in [1.82, 2.24) is 0 Å². The second-order valence-corrected chi connectivity index (χ2v) is 4.04. The molecule has 0 radical (unpaired) electrons. The molecule has 2 nitrogen and oxygen atoms in total. The molecule has 0 aliphatic rings. The Labute approximate surface area is 104 Å². The van der Waals surface area contributed by atoms with Gasteiger partial charge in [-0.05, 0) is 29.8 Å². The van der Waals surface area contributed by atoms with Crippen molar-refractivity contribution in [2.24, 2.45) is 0 Å². The van der Waals surface area contributed by atoms with Gasteiger partial charge >= 0.3 is 0 Å². The van der Waals surface area contributed by atoms with Crippen molar-refractivity contribution in [3.63, 3.8) is 0 Å². The maximum absolute atomic E-state index is 13.1. The first-order chi connectivity index (χ1) is 8.15. The van der Waals surface area contributed by atoms with Crippen LogP contribution < -0.4 is 10.5 Å². The molecule has 0 saturated carbocycles. The SMILES string of the molecule is Nc1ccc(OCc2cccc(Cl)c2)cc1F. The smallest absolute Gasteiger partial charge is 0.149 e. The van der Waals surface area contributed by atoms with Crippen molar-refractivity contribution >= 4 is 17.3 Å². The molecule has 0 unspecified atom stereocenters. The Bertz CT molecular complexity index is 531. The fourth-order valence-electron chi connectivity index (χ4n) is 1.39. The van der Waals surface area contributed by atoms with Crippen LogP contribution in [0.5, 0.6) is 5.75 Å². The van der Waals surface area contributed by atoms with E-state index in [0.717, 1.165) is 5.56 Å². The van der Waals surface area contributed by atoms with Crippen molar-refractivity contribution in [2.45, 2.75) is 6.61 Å². The predicted octanol–water partition coefficient (Wildman–Crippen LogP) is 3.64. The lowest BCUT2D eigenvalue weighted by Gasteiger charge is -2.07. The Morgan fingerprint density at radius 1 is 1.18 bits per heavy atom. The molecular formula is C13H11ClFNO. The Balaban J connectivity index is 2.05. The summed E-state index contributed by atoms with van der Waals surface area (Å²) in [4.78, 5) is 0. The second-order valence-electron chi connectivity index (χ2n) is 3.60. The highest BCUT2D eigenvalue weighted by Crippen LogP contribution is 2.19. The molecule has 0 fully saturated rings. The highest BCUT2D eigenvalue weighted by Gasteiger charge is 2.01. The van der Waals surface area contributed by atoms with E-state index < -0.39 is 5.82 Å². The zero-order valence-electron chi connectivity index (χ0n) is 8.99. The minimum atomic E-state index is -0.478. The lowest BCUT2D eigenvalue weighted by atomic mass is 10.2. The topological polar surface area (TPSA) is 35.2 Å². The van der Waals surface area contributed by atoms with Gasteiger partial charge in [-0.25, -0.2) is 4.39 Å². The maximum Gasteiger partial charge on any atom is 0.149 e. The molecule has 2 aromatic carbocycles. The third-order valence-corrected chi connectivity index (χ3v) is 2.50. The molecule has 2 aromatic rings. The summed E-state index contributed by atoms with van der Waals surface area (Å²) in [5, 5.41) is 0.648. The summed E-state index contributed by atoms with van der Waals surface area (Å²) in [6.07, 6.45) is 0. The van der Waals surface area contributed by atoms with E-state index in [1.165, 1.54) is 12.1 Å². The third kappa shape index (κ3) is 3.11. The molecule has 4 heteroatoms. The minimum absolute atomic E-state index is 0.111. The van der Waals surface area contributed by atoms with Gasteiger partial charge in [-0.3, -0.25) is 0 Å². The number of benzene rings is 2. The van der Waals surface area contributed by atoms with E-state index in [-0.39, 0.29) is 5.69 Å². The molecule has 0 heterocycles. The quantitative estimate of drug-likeness (QED) is 0.846. The molecule has 0 aromatic heterocycles. The Morgan fingerprint density at radius 2 is 2.00 bits per heavy atom. The fourth-order valence-corrected chi connectivity index (χ4v) is 1.60. The van der Waals surface area contributed by atoms with Gasteiger partial charge in [0.1, 0.15) is 18.2 Å². The summed E-state index contributed by atoms with van der Waals surface area (Å²) in [5.74, 6) is -0.0368. The lowest BCUT2D eigenvalue weighted by molar-refractivity contribution is 0.304. The van der Waals surface area contributed by atoms with Gasteiger partial charge in [0.25, 0.3) is 0 Å². The first-order valence-electron chi connectivity index (χ1n) is 5.07. The van der Waals surface area contributed by atoms with E-state index in [4.69, 9.17) is 22.1 Å². The largest absolute Gasteiger partial charge is 0.489 e. The number of anilines is 1. The van der Waals surface area contributed by atoms with Crippen molar-refractivity contribution in [3.05, 3.63) is 58.9 Å². The fraction of sp³-hybridized carbons (Fsp3) is 0.0769. The van der Waals surface area contributed by atoms with Crippen LogP contribution in [0.3, 0.4) is 0 Å². The van der Waals surface area contributed by atoms with Crippen LogP contribution in [0.15, 0.2) is 42.5 Å². The van der Waals surface area contributed by atoms with Crippen molar-refractivity contribution in [3.8, 4) is 5.75 Å². The number of rotatable bonds is 3. The number of halogens is 2. The highest BCUT2D eigenvalue weighted by atomic mass is 35.5. The molecule has 0 aliphatic carbocycles. The summed E-state index contributed by atoms with van der Waals surface area (Å²) in [6.45, 7) is 0.337. The standard InChI is InChI=1S/C13H11ClFNO/c14-10-3-1-2-9(6-10)8-17-11-4-5-13(16)12(15)7-11/h1-7H,8,16H2. The number of nitrogens with two attached hydrogens (primary N) is 1. The van der Waals surface area contributed by atoms with Gasteiger partial charge in [0.2, 0.25) is 0 Å². The van der Waals surface area contributed by atoms with Gasteiger partial charge in [0.05, 0.1) is 5.69 Å². The molecule has 2 rings (SSSR count). The molecule has 0 saturated heterocycles. The van der Waals surface area contributed by atoms with E-state index in [1.54, 1.807) is 18.2 Å². The van der Waals surface area contributed by atoms with Crippen LogP contribution in [0.25, 0.3) is 0 Å². The minimum Gasteiger partial charge on any atom is -0.489 e. The number of ether oxygens (including phenoxy) is 1. The Kier molecular flexibility index (Phi) is 3.49. The molecule has 0 amide bonds. The molecule has 2 N–H and O–H groups in total. The zero-order valence-corrected chi connectivity index (χ0v) is 9.75. The molecule has 0 spiro atoms. The van der Waals surface area contributed by atoms with Crippen molar-refractivity contribution < 1.29 is 9.13 Å². The van der Waals surface area contributed by atoms with Gasteiger partial charge in [-0.2, -0.15) is 0 Å². The van der Waals surface area contributed by atoms with E-state index in [0.29, 0.717) is 17.4 Å². The summed E-state index contributed by atoms with van der Waals surface area (Å²) in [6, 6.07) is 11.7. The summed E-state index contributed by atoms with van der Waals surface area (Å²) >= 11 is 5.84. The number of hydrogen-bond donors (Lipinski definition) is 1. The molecule has 17 heavy (non-hydrogen) atoms. The Hall–Kier alpha value is -1.74. The third-order valence-electron chi connectivity index (χ3n) is 2.27. The van der Waals surface area contributed by atoms with E-state index in [2.05, 4.69) is 0 Å². The maximum atomic E-state index is 13.1. The van der Waals surface area contributed by atoms with Gasteiger partial charge in [0, 0.05) is 11.1 Å². The monoisotopic (exact) mass is 251 g/mol. The molecule has 0 atom stereocenters. The molecule has 88 valence electrons. The second kappa shape index (κ2) is 5.06. The van der Waals surface area contributed by atoms with Gasteiger partial charge in [-0.15, -0.1) is 0 Å². The molecule has 0 bridgehead atoms. The van der Waals surface area contributed by atoms with Crippen molar-refractivity contribution in [1.29, 1.82) is 0 Å². The zero-order chi connectivity index (χ0) is 12.3. The Morgan fingerprint density at radius 3 is 2.71 bits per heavy atom. The van der Waals surface area contributed by atoms with E-state index >= 15 is 0 Å². The van der Waals surface area contributed by atoms with Crippen LogP contribution in [0.2, 0.25) is 5.02 Å². The summed E-state index contributed by atoms with van der Waals surface area (Å²) in [7, 11) is 0. The van der Waals surface area contributed by atoms with E-state index in [9.17, 15) is 4.39 Å². The van der Waals surface area contributed by atoms with Gasteiger partial charge in [0.15, 0.2) is 0 Å². The number of hydrogen-bond acceptors (Lipinski definition) is 2. The average molecular weight is 252 g/mol. The predicted molar refractivity (Wildman–Crippen MR) is 66.6 cm³/mol. The summed E-state index contributed by atoms with van der Waals surface area (Å²) in [5.41, 5.74) is 6.40. The van der Waals surface area contributed by atoms with Crippen LogP contribution >= 0.6 is 11.6 Å². The highest BCUT2D eigenvalue weighted by molar-refractivity contribution is 6.30. The summed E-state index contributed by atoms with van der Waals surface area (Å²) < 4.78 is 18.6. The van der Waals surface area contributed by atoms with Crippen LogP contribution in [-0.2, 0) is 6.61 Å². The van der Waals surface area contributed by atoms with Crippen molar-refractivity contribution in [2.75, 3.05) is 5.73 Å². The molecular weight excluding hydrogens is 241 g/mol. The van der Waals surface area contributed by atoms with Crippen LogP contribution in [0.4, 0.5) is 10.1 Å². The van der Waals surface area contributed by atoms with Gasteiger partial charge in [-0.1, -0.05) is 23.7 Å². The number of nitrogen functional groups attached to an aromatic ring is 1. The van der Waals surface area contributed by atoms with E-state index in [1.807, 2.05) is 12.1 Å². The van der Waals surface area contributed by atoms with Crippen LogP contribution in [0, 0.1) is 5.82 Å². The first kappa shape index (κ1) is 11.7. The average Bonchev–Trinajstić information content (AvgIpc) is 2.31. The molecule has 0 aliphatic heterocycles.